The second-order valence-electron chi connectivity index (χ2n) is 4.82. The van der Waals surface area contributed by atoms with Crippen molar-refractivity contribution in [2.75, 3.05) is 0 Å². The van der Waals surface area contributed by atoms with Crippen LogP contribution in [0.2, 0.25) is 0 Å². The highest BCUT2D eigenvalue weighted by Gasteiger charge is 2.34. The number of alkyl halides is 3. The Balaban J connectivity index is 4.39. The van der Waals surface area contributed by atoms with Gasteiger partial charge in [0.15, 0.2) is 0 Å². The second-order valence-corrected chi connectivity index (χ2v) is 4.82. The van der Waals surface area contributed by atoms with Crippen molar-refractivity contribution < 1.29 is 27.9 Å². The van der Waals surface area contributed by atoms with Crippen molar-refractivity contribution in [1.82, 2.24) is 5.32 Å². The smallest absolute Gasteiger partial charge is 0.389 e. The van der Waals surface area contributed by atoms with E-state index in [4.69, 9.17) is 5.11 Å². The van der Waals surface area contributed by atoms with E-state index in [0.29, 0.717) is 0 Å². The van der Waals surface area contributed by atoms with Crippen LogP contribution < -0.4 is 5.32 Å². The molecule has 0 spiro atoms. The number of amides is 1. The van der Waals surface area contributed by atoms with Gasteiger partial charge in [0.25, 0.3) is 0 Å². The van der Waals surface area contributed by atoms with Gasteiger partial charge in [-0.15, -0.1) is 0 Å². The molecule has 0 bridgehead atoms. The summed E-state index contributed by atoms with van der Waals surface area (Å²) in [7, 11) is 0. The minimum Gasteiger partial charge on any atom is -0.480 e. The summed E-state index contributed by atoms with van der Waals surface area (Å²) in [6.07, 6.45) is -6.43. The largest absolute Gasteiger partial charge is 0.480 e. The first-order chi connectivity index (χ1) is 7.43. The molecule has 0 aliphatic rings. The van der Waals surface area contributed by atoms with Gasteiger partial charge in [0.05, 0.1) is 6.42 Å². The number of halogens is 3. The molecule has 2 N–H and O–H groups in total. The van der Waals surface area contributed by atoms with Gasteiger partial charge in [-0.1, -0.05) is 20.8 Å². The summed E-state index contributed by atoms with van der Waals surface area (Å²) < 4.78 is 35.5. The summed E-state index contributed by atoms with van der Waals surface area (Å²) >= 11 is 0. The highest BCUT2D eigenvalue weighted by molar-refractivity contribution is 5.84. The van der Waals surface area contributed by atoms with Crippen LogP contribution in [-0.2, 0) is 9.59 Å². The van der Waals surface area contributed by atoms with Crippen molar-refractivity contribution in [3.05, 3.63) is 0 Å². The van der Waals surface area contributed by atoms with Crippen LogP contribution in [0.4, 0.5) is 13.2 Å². The first-order valence-electron chi connectivity index (χ1n) is 5.02. The van der Waals surface area contributed by atoms with Crippen LogP contribution in [0.25, 0.3) is 0 Å². The van der Waals surface area contributed by atoms with Crippen LogP contribution in [0.5, 0.6) is 0 Å². The lowest BCUT2D eigenvalue weighted by atomic mass is 9.86. The maximum Gasteiger partial charge on any atom is 0.389 e. The lowest BCUT2D eigenvalue weighted by Gasteiger charge is -2.27. The average molecular weight is 255 g/mol. The number of rotatable bonds is 4. The predicted molar refractivity (Wildman–Crippen MR) is 54.3 cm³/mol. The Hall–Kier alpha value is -1.27. The first-order valence-corrected chi connectivity index (χ1v) is 5.02. The van der Waals surface area contributed by atoms with Crippen molar-refractivity contribution in [2.24, 2.45) is 5.41 Å². The van der Waals surface area contributed by atoms with Crippen LogP contribution >= 0.6 is 0 Å². The molecule has 0 radical (unpaired) electrons. The number of hydrogen-bond acceptors (Lipinski definition) is 2. The first kappa shape index (κ1) is 15.7. The van der Waals surface area contributed by atoms with Crippen LogP contribution in [0.3, 0.4) is 0 Å². The molecule has 0 saturated heterocycles. The third-order valence-electron chi connectivity index (χ3n) is 2.05. The molecule has 0 unspecified atom stereocenters. The number of nitrogens with one attached hydrogen (secondary N) is 1. The topological polar surface area (TPSA) is 66.4 Å². The highest BCUT2D eigenvalue weighted by Crippen LogP contribution is 2.22. The summed E-state index contributed by atoms with van der Waals surface area (Å²) in [6, 6.07) is -1.21. The fourth-order valence-electron chi connectivity index (χ4n) is 1.14. The molecular formula is C10H16F3NO3. The van der Waals surface area contributed by atoms with Crippen LogP contribution in [0.15, 0.2) is 0 Å². The van der Waals surface area contributed by atoms with E-state index in [1.54, 1.807) is 20.8 Å². The molecule has 4 nitrogen and oxygen atoms in total. The average Bonchev–Trinajstić information content (AvgIpc) is 2.07. The fourth-order valence-corrected chi connectivity index (χ4v) is 1.14. The Morgan fingerprint density at radius 1 is 1.24 bits per heavy atom. The number of aliphatic carboxylic acids is 1. The van der Waals surface area contributed by atoms with Crippen LogP contribution in [0.1, 0.15) is 33.6 Å². The second kappa shape index (κ2) is 5.37. The molecule has 0 aromatic heterocycles. The zero-order valence-corrected chi connectivity index (χ0v) is 9.89. The molecule has 7 heteroatoms. The molecule has 1 atom stereocenters. The van der Waals surface area contributed by atoms with E-state index in [9.17, 15) is 22.8 Å². The molecule has 17 heavy (non-hydrogen) atoms. The number of carboxylic acids is 1. The maximum absolute atomic E-state index is 11.8. The Kier molecular flexibility index (Phi) is 4.97. The van der Waals surface area contributed by atoms with Crippen LogP contribution in [-0.4, -0.2) is 29.2 Å². The number of carboxylic acid groups (broad SMARTS) is 1. The van der Waals surface area contributed by atoms with E-state index in [0.717, 1.165) is 0 Å². The molecule has 0 fully saturated rings. The van der Waals surface area contributed by atoms with Gasteiger partial charge >= 0.3 is 12.1 Å². The zero-order valence-electron chi connectivity index (χ0n) is 9.89. The zero-order chi connectivity index (χ0) is 13.9. The lowest BCUT2D eigenvalue weighted by molar-refractivity contribution is -0.148. The number of hydrogen-bond donors (Lipinski definition) is 2. The fraction of sp³-hybridized carbons (Fsp3) is 0.800. The van der Waals surface area contributed by atoms with E-state index < -0.39 is 42.4 Å². The van der Waals surface area contributed by atoms with Crippen LogP contribution in [0, 0.1) is 5.41 Å². The molecule has 0 heterocycles. The van der Waals surface area contributed by atoms with Gasteiger partial charge in [-0.25, -0.2) is 4.79 Å². The summed E-state index contributed by atoms with van der Waals surface area (Å²) in [4.78, 5) is 22.0. The van der Waals surface area contributed by atoms with Gasteiger partial charge in [-0.05, 0) is 5.41 Å². The molecule has 0 aromatic carbocycles. The SMILES string of the molecule is CC(C)(C)[C@@H](NC(=O)CCC(F)(F)F)C(=O)O. The normalized spacial score (nSPS) is 14.2. The number of carbonyl (C=O) groups excluding carboxylic acids is 1. The van der Waals surface area contributed by atoms with Gasteiger partial charge in [0.1, 0.15) is 6.04 Å². The molecule has 0 aliphatic carbocycles. The third kappa shape index (κ3) is 6.80. The Bertz CT molecular complexity index is 294. The van der Waals surface area contributed by atoms with E-state index in [2.05, 4.69) is 5.32 Å². The Labute approximate surface area is 97.2 Å². The van der Waals surface area contributed by atoms with E-state index in [-0.39, 0.29) is 0 Å². The summed E-state index contributed by atoms with van der Waals surface area (Å²) in [5.41, 5.74) is -0.764. The minimum atomic E-state index is -4.42. The van der Waals surface area contributed by atoms with Crippen molar-refractivity contribution in [1.29, 1.82) is 0 Å². The molecule has 1 amide bonds. The van der Waals surface area contributed by atoms with Gasteiger partial charge < -0.3 is 10.4 Å². The van der Waals surface area contributed by atoms with Crippen molar-refractivity contribution in [2.45, 2.75) is 45.8 Å². The molecule has 0 aromatic rings. The third-order valence-corrected chi connectivity index (χ3v) is 2.05. The molecule has 0 rings (SSSR count). The van der Waals surface area contributed by atoms with Gasteiger partial charge in [0, 0.05) is 6.42 Å². The van der Waals surface area contributed by atoms with E-state index >= 15 is 0 Å². The number of carbonyl (C=O) groups is 2. The standard InChI is InChI=1S/C10H16F3NO3/c1-9(2,3)7(8(16)17)14-6(15)4-5-10(11,12)13/h7H,4-5H2,1-3H3,(H,14,15)(H,16,17)/t7-/m0/s1. The quantitative estimate of drug-likeness (QED) is 0.806. The monoisotopic (exact) mass is 255 g/mol. The van der Waals surface area contributed by atoms with Crippen molar-refractivity contribution >= 4 is 11.9 Å². The lowest BCUT2D eigenvalue weighted by Crippen LogP contribution is -2.49. The van der Waals surface area contributed by atoms with Crippen molar-refractivity contribution in [3.63, 3.8) is 0 Å². The molecular weight excluding hydrogens is 239 g/mol. The summed E-state index contributed by atoms with van der Waals surface area (Å²) in [5.74, 6) is -2.18. The Morgan fingerprint density at radius 3 is 2.00 bits per heavy atom. The maximum atomic E-state index is 11.8. The van der Waals surface area contributed by atoms with Gasteiger partial charge in [-0.3, -0.25) is 4.79 Å². The van der Waals surface area contributed by atoms with Gasteiger partial charge in [-0.2, -0.15) is 13.2 Å². The summed E-state index contributed by atoms with van der Waals surface area (Å²) in [5, 5.41) is 10.9. The predicted octanol–water partition coefficient (Wildman–Crippen LogP) is 1.94. The summed E-state index contributed by atoms with van der Waals surface area (Å²) in [6.45, 7) is 4.74. The van der Waals surface area contributed by atoms with E-state index in [1.165, 1.54) is 0 Å². The molecule has 0 saturated carbocycles. The minimum absolute atomic E-state index is 0.761. The molecule has 0 aliphatic heterocycles. The van der Waals surface area contributed by atoms with Gasteiger partial charge in [0.2, 0.25) is 5.91 Å². The van der Waals surface area contributed by atoms with Crippen molar-refractivity contribution in [3.8, 4) is 0 Å². The van der Waals surface area contributed by atoms with E-state index in [1.807, 2.05) is 0 Å². The Morgan fingerprint density at radius 2 is 1.71 bits per heavy atom. The molecule has 100 valence electrons. The highest BCUT2D eigenvalue weighted by atomic mass is 19.4.